The molecule has 0 aliphatic carbocycles. The van der Waals surface area contributed by atoms with Crippen molar-refractivity contribution in [3.05, 3.63) is 112 Å². The Balaban J connectivity index is 1.48. The highest BCUT2D eigenvalue weighted by Gasteiger charge is 2.35. The summed E-state index contributed by atoms with van der Waals surface area (Å²) in [4.78, 5) is 0. The number of nitrogens with two attached hydrogens (primary N) is 1. The molecule has 0 radical (unpaired) electrons. The van der Waals surface area contributed by atoms with Gasteiger partial charge in [-0.15, -0.1) is 5.10 Å². The summed E-state index contributed by atoms with van der Waals surface area (Å²) in [5.41, 5.74) is 10.7. The van der Waals surface area contributed by atoms with Crippen LogP contribution in [0.3, 0.4) is 0 Å². The van der Waals surface area contributed by atoms with E-state index >= 15 is 0 Å². The first kappa shape index (κ1) is 20.7. The number of fused-ring (bicyclic) bond motifs is 1. The lowest BCUT2D eigenvalue weighted by Crippen LogP contribution is -2.20. The fourth-order valence-corrected chi connectivity index (χ4v) is 4.04. The Bertz CT molecular complexity index is 1350. The van der Waals surface area contributed by atoms with Gasteiger partial charge in [0, 0.05) is 10.6 Å². The first-order valence-electron chi connectivity index (χ1n) is 10.3. The van der Waals surface area contributed by atoms with Gasteiger partial charge in [-0.25, -0.2) is 0 Å². The van der Waals surface area contributed by atoms with Crippen molar-refractivity contribution in [1.29, 1.82) is 5.26 Å². The van der Waals surface area contributed by atoms with Crippen molar-refractivity contribution >= 4 is 11.6 Å². The van der Waals surface area contributed by atoms with E-state index in [4.69, 9.17) is 26.8 Å². The summed E-state index contributed by atoms with van der Waals surface area (Å²) in [6, 6.07) is 27.2. The van der Waals surface area contributed by atoms with Gasteiger partial charge in [-0.1, -0.05) is 54.1 Å². The SMILES string of the molecule is N#CC1=C(N)Oc2n[nH]c(-c3ccc(OCc4ccccc4)cc3)c2[C@@H]1c1ccc(Cl)cc1. The first-order chi connectivity index (χ1) is 16.1. The summed E-state index contributed by atoms with van der Waals surface area (Å²) in [6.07, 6.45) is 0. The van der Waals surface area contributed by atoms with Crippen molar-refractivity contribution < 1.29 is 9.47 Å². The number of hydrogen-bond acceptors (Lipinski definition) is 5. The highest BCUT2D eigenvalue weighted by molar-refractivity contribution is 6.30. The van der Waals surface area contributed by atoms with Crippen LogP contribution in [0.25, 0.3) is 11.3 Å². The maximum Gasteiger partial charge on any atom is 0.244 e. The van der Waals surface area contributed by atoms with Crippen LogP contribution in [-0.4, -0.2) is 10.2 Å². The number of nitrogens with one attached hydrogen (secondary N) is 1. The lowest BCUT2D eigenvalue weighted by Gasteiger charge is -2.24. The number of hydrogen-bond donors (Lipinski definition) is 2. The van der Waals surface area contributed by atoms with Gasteiger partial charge in [0.1, 0.15) is 24.0 Å². The molecule has 0 amide bonds. The average Bonchev–Trinajstić information content (AvgIpc) is 3.27. The molecule has 0 bridgehead atoms. The molecule has 4 aromatic rings. The van der Waals surface area contributed by atoms with Crippen LogP contribution in [0.1, 0.15) is 22.6 Å². The van der Waals surface area contributed by atoms with E-state index in [9.17, 15) is 5.26 Å². The van der Waals surface area contributed by atoms with Crippen LogP contribution >= 0.6 is 11.6 Å². The number of aromatic amines is 1. The summed E-state index contributed by atoms with van der Waals surface area (Å²) in [6.45, 7) is 0.488. The second-order valence-electron chi connectivity index (χ2n) is 7.59. The third-order valence-electron chi connectivity index (χ3n) is 5.53. The molecule has 0 saturated heterocycles. The zero-order valence-corrected chi connectivity index (χ0v) is 18.2. The molecule has 1 aliphatic heterocycles. The van der Waals surface area contributed by atoms with Crippen LogP contribution in [0.4, 0.5) is 0 Å². The number of nitriles is 1. The Morgan fingerprint density at radius 3 is 2.45 bits per heavy atom. The molecule has 6 nitrogen and oxygen atoms in total. The van der Waals surface area contributed by atoms with Gasteiger partial charge in [0.15, 0.2) is 0 Å². The minimum atomic E-state index is -0.432. The number of benzene rings is 3. The zero-order chi connectivity index (χ0) is 22.8. The molecule has 1 aliphatic rings. The Kier molecular flexibility index (Phi) is 5.47. The molecule has 0 fully saturated rings. The topological polar surface area (TPSA) is 97.0 Å². The second kappa shape index (κ2) is 8.73. The maximum atomic E-state index is 9.82. The third kappa shape index (κ3) is 4.02. The fraction of sp³-hybridized carbons (Fsp3) is 0.0769. The number of rotatable bonds is 5. The monoisotopic (exact) mass is 454 g/mol. The van der Waals surface area contributed by atoms with Crippen LogP contribution in [-0.2, 0) is 6.61 Å². The number of ether oxygens (including phenoxy) is 2. The molecule has 3 N–H and O–H groups in total. The minimum Gasteiger partial charge on any atom is -0.489 e. The van der Waals surface area contributed by atoms with Crippen LogP contribution < -0.4 is 15.2 Å². The maximum absolute atomic E-state index is 9.82. The van der Waals surface area contributed by atoms with Crippen molar-refractivity contribution in [2.45, 2.75) is 12.5 Å². The van der Waals surface area contributed by atoms with Crippen molar-refractivity contribution in [2.75, 3.05) is 0 Å². The molecule has 0 saturated carbocycles. The predicted octanol–water partition coefficient (Wildman–Crippen LogP) is 5.53. The van der Waals surface area contributed by atoms with Gasteiger partial charge >= 0.3 is 0 Å². The van der Waals surface area contributed by atoms with Crippen molar-refractivity contribution in [3.8, 4) is 29.0 Å². The quantitative estimate of drug-likeness (QED) is 0.413. The highest BCUT2D eigenvalue weighted by Crippen LogP contribution is 2.45. The van der Waals surface area contributed by atoms with Crippen molar-refractivity contribution in [1.82, 2.24) is 10.2 Å². The van der Waals surface area contributed by atoms with E-state index in [-0.39, 0.29) is 5.88 Å². The molecule has 1 atom stereocenters. The van der Waals surface area contributed by atoms with Crippen LogP contribution in [0.5, 0.6) is 11.6 Å². The third-order valence-corrected chi connectivity index (χ3v) is 5.79. The number of H-pyrrole nitrogens is 1. The normalized spacial score (nSPS) is 14.8. The molecule has 2 heterocycles. The smallest absolute Gasteiger partial charge is 0.244 e. The summed E-state index contributed by atoms with van der Waals surface area (Å²) in [5, 5.41) is 17.8. The lowest BCUT2D eigenvalue weighted by atomic mass is 9.83. The van der Waals surface area contributed by atoms with Crippen molar-refractivity contribution in [3.63, 3.8) is 0 Å². The molecule has 1 aromatic heterocycles. The molecule has 0 unspecified atom stereocenters. The summed E-state index contributed by atoms with van der Waals surface area (Å²) < 4.78 is 11.6. The molecule has 5 rings (SSSR count). The lowest BCUT2D eigenvalue weighted by molar-refractivity contribution is 0.306. The van der Waals surface area contributed by atoms with Crippen LogP contribution in [0, 0.1) is 11.3 Å². The van der Waals surface area contributed by atoms with E-state index in [2.05, 4.69) is 16.3 Å². The Morgan fingerprint density at radius 1 is 1.03 bits per heavy atom. The van der Waals surface area contributed by atoms with Gasteiger partial charge in [0.2, 0.25) is 11.8 Å². The molecule has 7 heteroatoms. The van der Waals surface area contributed by atoms with Crippen LogP contribution in [0.15, 0.2) is 90.3 Å². The van der Waals surface area contributed by atoms with Gasteiger partial charge in [-0.3, -0.25) is 5.10 Å². The van der Waals surface area contributed by atoms with Gasteiger partial charge in [0.25, 0.3) is 0 Å². The molecule has 3 aromatic carbocycles. The summed E-state index contributed by atoms with van der Waals surface area (Å²) >= 11 is 6.08. The van der Waals surface area contributed by atoms with Gasteiger partial charge in [0.05, 0.1) is 17.2 Å². The Morgan fingerprint density at radius 2 is 1.76 bits per heavy atom. The van der Waals surface area contributed by atoms with E-state index in [1.807, 2.05) is 66.7 Å². The highest BCUT2D eigenvalue weighted by atomic mass is 35.5. The van der Waals surface area contributed by atoms with Crippen molar-refractivity contribution in [2.24, 2.45) is 5.73 Å². The van der Waals surface area contributed by atoms with Gasteiger partial charge in [-0.2, -0.15) is 5.26 Å². The van der Waals surface area contributed by atoms with E-state index in [1.165, 1.54) is 0 Å². The van der Waals surface area contributed by atoms with Crippen LogP contribution in [0.2, 0.25) is 5.02 Å². The summed E-state index contributed by atoms with van der Waals surface area (Å²) in [5.74, 6) is 0.723. The minimum absolute atomic E-state index is 0.0488. The largest absolute Gasteiger partial charge is 0.489 e. The number of allylic oxidation sites excluding steroid dienone is 1. The molecule has 33 heavy (non-hydrogen) atoms. The number of aromatic nitrogens is 2. The van der Waals surface area contributed by atoms with Gasteiger partial charge in [-0.05, 0) is 47.5 Å². The predicted molar refractivity (Wildman–Crippen MR) is 126 cm³/mol. The number of halogens is 1. The first-order valence-corrected chi connectivity index (χ1v) is 10.7. The van der Waals surface area contributed by atoms with E-state index in [0.717, 1.165) is 33.7 Å². The number of nitrogens with zero attached hydrogens (tertiary/aromatic N) is 2. The molecule has 162 valence electrons. The Labute approximate surface area is 195 Å². The Hall–Kier alpha value is -4.21. The zero-order valence-electron chi connectivity index (χ0n) is 17.5. The molecular weight excluding hydrogens is 436 g/mol. The van der Waals surface area contributed by atoms with Gasteiger partial charge < -0.3 is 15.2 Å². The van der Waals surface area contributed by atoms with E-state index in [0.29, 0.717) is 23.1 Å². The summed E-state index contributed by atoms with van der Waals surface area (Å²) in [7, 11) is 0. The second-order valence-corrected chi connectivity index (χ2v) is 8.03. The molecule has 0 spiro atoms. The van der Waals surface area contributed by atoms with E-state index < -0.39 is 5.92 Å². The molecular formula is C26H19ClN4O2. The average molecular weight is 455 g/mol. The van der Waals surface area contributed by atoms with E-state index in [1.54, 1.807) is 12.1 Å². The standard InChI is InChI=1S/C26H19ClN4O2/c27-19-10-6-17(7-11-19)22-21(14-28)25(29)33-26-23(22)24(30-31-26)18-8-12-20(13-9-18)32-15-16-4-2-1-3-5-16/h1-13,22H,15,29H2,(H,30,31)/t22-/m1/s1. The fourth-order valence-electron chi connectivity index (χ4n) is 3.91.